The van der Waals surface area contributed by atoms with Gasteiger partial charge < -0.3 is 159 Å². The molecule has 35 atom stereocenters. The first kappa shape index (κ1) is 95.0. The van der Waals surface area contributed by atoms with Gasteiger partial charge in [0, 0.05) is 39.3 Å². The van der Waals surface area contributed by atoms with Gasteiger partial charge in [-0.1, -0.05) is 83.1 Å². The van der Waals surface area contributed by atoms with E-state index < -0.39 is 215 Å². The van der Waals surface area contributed by atoms with E-state index in [1.165, 1.54) is 14.1 Å². The summed E-state index contributed by atoms with van der Waals surface area (Å²) in [4.78, 5) is 10.6. The molecule has 21 saturated heterocycles. The van der Waals surface area contributed by atoms with Gasteiger partial charge in [-0.05, 0) is 96.4 Å². The second kappa shape index (κ2) is 47.6. The van der Waals surface area contributed by atoms with Crippen LogP contribution in [-0.2, 0) is 109 Å². The maximum absolute atomic E-state index is 12.4. The Morgan fingerprint density at radius 3 is 0.788 bits per heavy atom. The molecule has 585 valence electrons. The third kappa shape index (κ3) is 23.7. The van der Waals surface area contributed by atoms with Crippen LogP contribution in [-0.4, -0.2) is 326 Å². The van der Waals surface area contributed by atoms with E-state index in [0.29, 0.717) is 18.6 Å². The van der Waals surface area contributed by atoms with E-state index in [2.05, 4.69) is 18.4 Å². The normalized spacial score (nSPS) is 44.8. The van der Waals surface area contributed by atoms with Gasteiger partial charge in [-0.15, -0.1) is 0 Å². The summed E-state index contributed by atoms with van der Waals surface area (Å²) in [6.45, 7) is 14.8. The molecule has 21 aliphatic heterocycles. The summed E-state index contributed by atoms with van der Waals surface area (Å²) in [7, 11) is 3.00. The molecule has 21 fully saturated rings. The Labute approximate surface area is 614 Å². The molecule has 0 aromatic carbocycles. The van der Waals surface area contributed by atoms with Crippen molar-refractivity contribution in [2.24, 2.45) is 17.2 Å². The second-order valence-corrected chi connectivity index (χ2v) is 26.0. The van der Waals surface area contributed by atoms with Crippen molar-refractivity contribution in [2.45, 2.75) is 369 Å². The predicted octanol–water partition coefficient (Wildman–Crippen LogP) is -1.71. The minimum absolute atomic E-state index is 0. The zero-order valence-electron chi connectivity index (χ0n) is 57.8. The van der Waals surface area contributed by atoms with Crippen LogP contribution in [0.2, 0.25) is 0 Å². The van der Waals surface area contributed by atoms with Crippen molar-refractivity contribution in [3.8, 4) is 0 Å². The molecule has 19 N–H and O–H groups in total. The number of hydrogen-bond acceptors (Lipinski definition) is 33. The van der Waals surface area contributed by atoms with E-state index >= 15 is 0 Å². The summed E-state index contributed by atoms with van der Waals surface area (Å²) in [5, 5.41) is 153. The smallest absolute Gasteiger partial charge is 0.187 e. The van der Waals surface area contributed by atoms with Crippen molar-refractivity contribution in [2.75, 3.05) is 38.8 Å². The van der Waals surface area contributed by atoms with Crippen LogP contribution < -0.4 is 17.2 Å². The number of ether oxygens (including phenoxy) is 15. The monoisotopic (exact) mass is 1530 g/mol. The van der Waals surface area contributed by atoms with Gasteiger partial charge in [0.1, 0.15) is 128 Å². The maximum Gasteiger partial charge on any atom is 0.187 e. The molecule has 99 heavy (non-hydrogen) atoms. The molecular weight excluding hydrogens is 1410 g/mol. The van der Waals surface area contributed by atoms with Gasteiger partial charge in [0.05, 0.1) is 42.7 Å². The van der Waals surface area contributed by atoms with Crippen molar-refractivity contribution >= 4 is 18.0 Å². The van der Waals surface area contributed by atoms with E-state index in [-0.39, 0.29) is 99.1 Å². The fourth-order valence-corrected chi connectivity index (χ4v) is 13.8. The zero-order chi connectivity index (χ0) is 71.2. The fourth-order valence-electron chi connectivity index (χ4n) is 12.9. The third-order valence-corrected chi connectivity index (χ3v) is 19.6. The average molecular weight is 1530 g/mol. The molecule has 14 bridgehead atoms. The Morgan fingerprint density at radius 2 is 0.556 bits per heavy atom. The summed E-state index contributed by atoms with van der Waals surface area (Å²) >= 11 is 1.68. The minimum atomic E-state index is -1.90. The molecule has 0 aliphatic carbocycles. The van der Waals surface area contributed by atoms with Crippen LogP contribution in [0.5, 0.6) is 0 Å². The van der Waals surface area contributed by atoms with Crippen molar-refractivity contribution in [1.82, 2.24) is 0 Å². The van der Waals surface area contributed by atoms with E-state index in [0.717, 1.165) is 38.0 Å². The Bertz CT molecular complexity index is 2120. The van der Waals surface area contributed by atoms with Gasteiger partial charge in [0.2, 0.25) is 0 Å². The second-order valence-electron chi connectivity index (χ2n) is 24.8. The van der Waals surface area contributed by atoms with Gasteiger partial charge in [0.15, 0.2) is 44.0 Å². The van der Waals surface area contributed by atoms with E-state index in [4.69, 9.17) is 76.8 Å². The summed E-state index contributed by atoms with van der Waals surface area (Å²) < 4.78 is 93.9. The van der Waals surface area contributed by atoms with Gasteiger partial charge in [-0.2, -0.15) is 18.2 Å². The average Bonchev–Trinajstić information content (AvgIpc) is 0.785. The number of thioether (sulfide) groups is 1. The first-order valence-electron chi connectivity index (χ1n) is 34.5. The van der Waals surface area contributed by atoms with E-state index in [1.807, 2.05) is 6.29 Å². The van der Waals surface area contributed by atoms with Crippen LogP contribution >= 0.6 is 11.8 Å². The van der Waals surface area contributed by atoms with Gasteiger partial charge >= 0.3 is 0 Å². The molecule has 35 unspecified atom stereocenters. The molecule has 0 aromatic rings. The molecule has 32 nitrogen and oxygen atoms in total. The Hall–Kier alpha value is -0.116. The molecule has 34 heteroatoms. The van der Waals surface area contributed by atoms with Crippen molar-refractivity contribution in [3.63, 3.8) is 0 Å². The van der Waals surface area contributed by atoms with Crippen molar-refractivity contribution in [1.29, 1.82) is 0 Å². The number of nitrogens with two attached hydrogens (primary N) is 3. The zero-order valence-corrected chi connectivity index (χ0v) is 61.4. The summed E-state index contributed by atoms with van der Waals surface area (Å²) in [6, 6.07) is 0. The minimum Gasteiger partial charge on any atom is -0.542 e. The molecule has 0 spiro atoms. The fraction of sp³-hybridized carbons (Fsp3) is 0.985. The molecule has 21 heterocycles. The van der Waals surface area contributed by atoms with Crippen LogP contribution in [0, 0.1) is 0 Å². The van der Waals surface area contributed by atoms with Crippen LogP contribution in [0.4, 0.5) is 0 Å². The number of hydrogen-bond donors (Lipinski definition) is 16. The maximum atomic E-state index is 12.4. The van der Waals surface area contributed by atoms with Crippen LogP contribution in [0.1, 0.15) is 154 Å². The number of carbonyl (C=O) groups excluding carboxylic acids is 1. The number of unbranched alkanes of at least 4 members (excludes halogenated alkanes) is 3. The SMILES string of the molecule is C.C.CCC1OC2OC3C(CC)OC(OC4C(CC)OC(OC5C(CC)OC(OC6C(CC)OC(OC7C(CC)OC(OC8C(CC)OC(OC1C(O)C2O)C(O)C8O)C(O)C7O)C(O)C6O)C(OCCCSCCCCC[C-]=O)C5O)C(O)C4O)C(O)C3O.CCCN.CN.CN.[Y]. The first-order valence-corrected chi connectivity index (χ1v) is 35.7. The predicted molar refractivity (Wildman–Crippen MR) is 354 cm³/mol. The number of aliphatic hydroxyl groups is 13. The van der Waals surface area contributed by atoms with E-state index in [9.17, 15) is 71.2 Å². The molecule has 0 saturated carbocycles. The molecular formula is C65H126N3O29SY-. The van der Waals surface area contributed by atoms with Crippen molar-refractivity contribution in [3.05, 3.63) is 0 Å². The molecule has 1 radical (unpaired) electrons. The van der Waals surface area contributed by atoms with Crippen LogP contribution in [0.25, 0.3) is 0 Å². The Kier molecular flexibility index (Phi) is 45.7. The van der Waals surface area contributed by atoms with Gasteiger partial charge in [-0.25, -0.2) is 0 Å². The largest absolute Gasteiger partial charge is 0.542 e. The van der Waals surface area contributed by atoms with E-state index in [1.54, 1.807) is 60.2 Å². The van der Waals surface area contributed by atoms with Gasteiger partial charge in [0.25, 0.3) is 0 Å². The summed E-state index contributed by atoms with van der Waals surface area (Å²) in [6.07, 6.45) is -46.7. The molecule has 0 amide bonds. The first-order chi connectivity index (χ1) is 46.1. The van der Waals surface area contributed by atoms with Crippen LogP contribution in [0.3, 0.4) is 0 Å². The number of rotatable bonds is 19. The topological polar surface area (TPSA) is 497 Å². The standard InChI is InChI=1S/C58H99O29S.C3H9N.2CH5N.2CH4.Y/c1-8-24-44-31(60)37(66)53(74-24)82-46-26(10-3)76-55(39(68)33(46)62)84-48-28(12-5)78-57(41(70)35(48)64)86-50-30(14-7)80-58(51(43(50)72)73-21-19-23-88-22-18-16-15-17-20-59)87-49-29(13-6)79-56(42(71)36(49)65)85-47-27(11-4)77-54(40(69)34(47)63)83-45-25(9-2)75-52(81-44)38(67)32(45)61;1-2-3-4;2*1-2;;;/h24-58,60-72H,8-19,21-23H2,1-7H3;2-4H2,1H3;2*2H2,1H3;2*1H4;/q-1;;;;;;. The Balaban J connectivity index is 0.00000290. The number of aliphatic hydroxyl groups excluding tert-OH is 13. The Morgan fingerprint density at radius 1 is 0.333 bits per heavy atom. The van der Waals surface area contributed by atoms with Gasteiger partial charge in [-0.3, -0.25) is 6.29 Å². The summed E-state index contributed by atoms with van der Waals surface area (Å²) in [5.74, 6) is 1.50. The van der Waals surface area contributed by atoms with Crippen LogP contribution in [0.15, 0.2) is 0 Å². The molecule has 21 rings (SSSR count). The molecule has 21 aliphatic rings. The van der Waals surface area contributed by atoms with Crippen molar-refractivity contribution < 1.29 is 175 Å². The molecule has 0 aromatic heterocycles. The third-order valence-electron chi connectivity index (χ3n) is 18.4. The summed E-state index contributed by atoms with van der Waals surface area (Å²) in [5.41, 5.74) is 14.0. The quantitative estimate of drug-likeness (QED) is 0.0505.